The monoisotopic (exact) mass is 517 g/mol. The number of nitrogens with one attached hydrogen (secondary N) is 1. The molecule has 0 saturated heterocycles. The van der Waals surface area contributed by atoms with Crippen LogP contribution >= 0.6 is 0 Å². The minimum atomic E-state index is -4.55. The van der Waals surface area contributed by atoms with E-state index in [0.29, 0.717) is 40.1 Å². The summed E-state index contributed by atoms with van der Waals surface area (Å²) in [4.78, 5) is 25.1. The van der Waals surface area contributed by atoms with E-state index in [9.17, 15) is 22.4 Å². The van der Waals surface area contributed by atoms with Gasteiger partial charge in [-0.05, 0) is 60.7 Å². The maximum atomic E-state index is 13.5. The Kier molecular flexibility index (Phi) is 5.37. The number of hydrogen-bond donors (Lipinski definition) is 1. The molecule has 5 aromatic heterocycles. The number of alkyl halides is 3. The predicted octanol–water partition coefficient (Wildman–Crippen LogP) is 5.52. The summed E-state index contributed by atoms with van der Waals surface area (Å²) in [5.41, 5.74) is 2.45. The fraction of sp³-hybridized carbons (Fsp3) is 0.0385. The Morgan fingerprint density at radius 3 is 2.45 bits per heavy atom. The van der Waals surface area contributed by atoms with E-state index >= 15 is 0 Å². The highest BCUT2D eigenvalue weighted by Crippen LogP contribution is 2.32. The van der Waals surface area contributed by atoms with Crippen molar-refractivity contribution in [1.29, 1.82) is 0 Å². The first-order chi connectivity index (χ1) is 18.3. The Labute approximate surface area is 211 Å². The molecule has 0 aliphatic carbocycles. The number of halogens is 4. The summed E-state index contributed by atoms with van der Waals surface area (Å²) in [6.45, 7) is 0. The highest BCUT2D eigenvalue weighted by atomic mass is 19.4. The third-order valence-corrected chi connectivity index (χ3v) is 5.78. The second-order valence-corrected chi connectivity index (χ2v) is 8.28. The molecule has 0 atom stereocenters. The van der Waals surface area contributed by atoms with Crippen LogP contribution in [-0.2, 0) is 6.18 Å². The number of anilines is 1. The molecular formula is C26H15F4N7O. The lowest BCUT2D eigenvalue weighted by Crippen LogP contribution is -2.15. The molecule has 5 heterocycles. The number of amides is 1. The average Bonchev–Trinajstić information content (AvgIpc) is 3.49. The van der Waals surface area contributed by atoms with Crippen LogP contribution in [0.2, 0.25) is 0 Å². The fourth-order valence-electron chi connectivity index (χ4n) is 3.99. The molecule has 188 valence electrons. The number of fused-ring (bicyclic) bond motifs is 2. The Hall–Kier alpha value is -5.13. The van der Waals surface area contributed by atoms with Crippen molar-refractivity contribution in [3.63, 3.8) is 0 Å². The van der Waals surface area contributed by atoms with Crippen molar-refractivity contribution < 1.29 is 22.4 Å². The van der Waals surface area contributed by atoms with Gasteiger partial charge in [0.2, 0.25) is 0 Å². The topological polar surface area (TPSA) is 89.5 Å². The zero-order valence-corrected chi connectivity index (χ0v) is 19.2. The van der Waals surface area contributed by atoms with Gasteiger partial charge in [0.1, 0.15) is 28.5 Å². The summed E-state index contributed by atoms with van der Waals surface area (Å²) in [7, 11) is 0. The van der Waals surface area contributed by atoms with Gasteiger partial charge in [-0.3, -0.25) is 14.2 Å². The Morgan fingerprint density at radius 1 is 0.895 bits per heavy atom. The van der Waals surface area contributed by atoms with E-state index in [4.69, 9.17) is 4.98 Å². The molecule has 0 aliphatic heterocycles. The van der Waals surface area contributed by atoms with Gasteiger partial charge in [0, 0.05) is 18.0 Å². The Bertz CT molecular complexity index is 1810. The van der Waals surface area contributed by atoms with Gasteiger partial charge in [-0.15, -0.1) is 0 Å². The van der Waals surface area contributed by atoms with Gasteiger partial charge in [0.05, 0.1) is 17.5 Å². The summed E-state index contributed by atoms with van der Waals surface area (Å²) < 4.78 is 55.2. The van der Waals surface area contributed by atoms with E-state index in [1.165, 1.54) is 22.8 Å². The summed E-state index contributed by atoms with van der Waals surface area (Å²) >= 11 is 0. The molecule has 0 bridgehead atoms. The van der Waals surface area contributed by atoms with Gasteiger partial charge in [-0.2, -0.15) is 18.3 Å². The van der Waals surface area contributed by atoms with Gasteiger partial charge in [-0.1, -0.05) is 6.07 Å². The fourth-order valence-corrected chi connectivity index (χ4v) is 3.99. The third-order valence-electron chi connectivity index (χ3n) is 5.78. The molecule has 0 radical (unpaired) electrons. The molecule has 0 unspecified atom stereocenters. The van der Waals surface area contributed by atoms with Gasteiger partial charge >= 0.3 is 6.18 Å². The summed E-state index contributed by atoms with van der Waals surface area (Å²) in [6, 6.07) is 16.8. The van der Waals surface area contributed by atoms with Crippen LogP contribution in [0.25, 0.3) is 33.9 Å². The summed E-state index contributed by atoms with van der Waals surface area (Å²) in [6.07, 6.45) is -0.639. The van der Waals surface area contributed by atoms with Crippen molar-refractivity contribution in [2.24, 2.45) is 0 Å². The van der Waals surface area contributed by atoms with Crippen LogP contribution in [0.1, 0.15) is 16.1 Å². The van der Waals surface area contributed by atoms with E-state index in [1.807, 2.05) is 28.8 Å². The van der Waals surface area contributed by atoms with Crippen molar-refractivity contribution in [2.75, 3.05) is 5.32 Å². The quantitative estimate of drug-likeness (QED) is 0.311. The Morgan fingerprint density at radius 2 is 1.71 bits per heavy atom. The number of hydrogen-bond acceptors (Lipinski definition) is 5. The lowest BCUT2D eigenvalue weighted by atomic mass is 10.1. The first kappa shape index (κ1) is 23.3. The largest absolute Gasteiger partial charge is 0.417 e. The minimum absolute atomic E-state index is 0.137. The molecule has 0 saturated carbocycles. The van der Waals surface area contributed by atoms with E-state index in [2.05, 4.69) is 20.4 Å². The SMILES string of the molecule is O=C(Nc1cn2nc(-c3c(-c4ccc(F)cc4)nc4ccccn34)ccc2n1)c1ccc(C(F)(F)F)cn1. The number of imidazole rings is 2. The van der Waals surface area contributed by atoms with Gasteiger partial charge in [0.25, 0.3) is 5.91 Å². The van der Waals surface area contributed by atoms with Crippen LogP contribution in [-0.4, -0.2) is 34.9 Å². The number of carbonyl (C=O) groups excluding carboxylic acids is 1. The zero-order chi connectivity index (χ0) is 26.4. The predicted molar refractivity (Wildman–Crippen MR) is 130 cm³/mol. The lowest BCUT2D eigenvalue weighted by Gasteiger charge is -2.06. The molecule has 12 heteroatoms. The van der Waals surface area contributed by atoms with E-state index < -0.39 is 17.6 Å². The van der Waals surface area contributed by atoms with Crippen LogP contribution in [0.3, 0.4) is 0 Å². The molecule has 8 nitrogen and oxygen atoms in total. The molecule has 38 heavy (non-hydrogen) atoms. The first-order valence-electron chi connectivity index (χ1n) is 11.2. The van der Waals surface area contributed by atoms with Crippen molar-refractivity contribution in [3.8, 4) is 22.6 Å². The molecular weight excluding hydrogens is 502 g/mol. The minimum Gasteiger partial charge on any atom is -0.304 e. The molecule has 1 aromatic carbocycles. The second-order valence-electron chi connectivity index (χ2n) is 8.28. The van der Waals surface area contributed by atoms with Gasteiger partial charge in [0.15, 0.2) is 11.5 Å². The number of aromatic nitrogens is 6. The number of benzene rings is 1. The number of nitrogens with zero attached hydrogens (tertiary/aromatic N) is 6. The van der Waals surface area contributed by atoms with Crippen molar-refractivity contribution in [2.45, 2.75) is 6.18 Å². The van der Waals surface area contributed by atoms with Gasteiger partial charge < -0.3 is 5.32 Å². The lowest BCUT2D eigenvalue weighted by molar-refractivity contribution is -0.137. The van der Waals surface area contributed by atoms with E-state index in [-0.39, 0.29) is 17.3 Å². The van der Waals surface area contributed by atoms with Crippen LogP contribution in [0.5, 0.6) is 0 Å². The molecule has 6 rings (SSSR count). The summed E-state index contributed by atoms with van der Waals surface area (Å²) in [5, 5.41) is 7.16. The molecule has 6 aromatic rings. The van der Waals surface area contributed by atoms with Crippen molar-refractivity contribution in [1.82, 2.24) is 29.0 Å². The highest BCUT2D eigenvalue weighted by Gasteiger charge is 2.31. The summed E-state index contributed by atoms with van der Waals surface area (Å²) in [5.74, 6) is -0.945. The standard InChI is InChI=1S/C26H15F4N7O/c27-17-7-4-15(5-8-17)23-24(36-12-2-1-3-21(36)34-23)18-10-11-22-32-20(14-37(22)35-18)33-25(38)19-9-6-16(13-31-19)26(28,29)30/h1-14H,(H,33,38). The van der Waals surface area contributed by atoms with Crippen LogP contribution in [0.15, 0.2) is 85.3 Å². The van der Waals surface area contributed by atoms with E-state index in [1.54, 1.807) is 24.3 Å². The van der Waals surface area contributed by atoms with Gasteiger partial charge in [-0.25, -0.2) is 18.9 Å². The molecule has 0 aliphatic rings. The molecule has 0 fully saturated rings. The molecule has 1 amide bonds. The number of carbonyl (C=O) groups is 1. The smallest absolute Gasteiger partial charge is 0.304 e. The first-order valence-corrected chi connectivity index (χ1v) is 11.2. The van der Waals surface area contributed by atoms with Crippen LogP contribution < -0.4 is 5.32 Å². The third kappa shape index (κ3) is 4.21. The van der Waals surface area contributed by atoms with Crippen molar-refractivity contribution >= 4 is 23.0 Å². The van der Waals surface area contributed by atoms with E-state index in [0.717, 1.165) is 12.1 Å². The molecule has 0 spiro atoms. The maximum absolute atomic E-state index is 13.5. The normalized spacial score (nSPS) is 11.8. The second kappa shape index (κ2) is 8.76. The maximum Gasteiger partial charge on any atom is 0.417 e. The highest BCUT2D eigenvalue weighted by molar-refractivity contribution is 6.02. The number of pyridine rings is 2. The van der Waals surface area contributed by atoms with Crippen LogP contribution in [0.4, 0.5) is 23.4 Å². The molecule has 1 N–H and O–H groups in total. The average molecular weight is 517 g/mol. The Balaban J connectivity index is 1.35. The number of rotatable bonds is 4. The van der Waals surface area contributed by atoms with Crippen molar-refractivity contribution in [3.05, 3.63) is 102 Å². The van der Waals surface area contributed by atoms with Crippen LogP contribution in [0, 0.1) is 5.82 Å². The zero-order valence-electron chi connectivity index (χ0n) is 19.2.